The number of anilines is 1. The molecule has 25 heavy (non-hydrogen) atoms. The molecule has 1 aliphatic heterocycles. The third-order valence-electron chi connectivity index (χ3n) is 5.01. The van der Waals surface area contributed by atoms with Crippen molar-refractivity contribution < 1.29 is 5.11 Å². The SMILES string of the molecule is CN1CCCN(c2ccc(-n3cnc4ccc(CO)cc43)cc2)CC1. The molecule has 1 aliphatic rings. The van der Waals surface area contributed by atoms with Crippen LogP contribution in [-0.2, 0) is 6.61 Å². The van der Waals surface area contributed by atoms with Crippen LogP contribution < -0.4 is 4.90 Å². The summed E-state index contributed by atoms with van der Waals surface area (Å²) in [5.74, 6) is 0. The lowest BCUT2D eigenvalue weighted by atomic mass is 10.2. The van der Waals surface area contributed by atoms with E-state index in [4.69, 9.17) is 0 Å². The van der Waals surface area contributed by atoms with Crippen LogP contribution in [0.4, 0.5) is 5.69 Å². The van der Waals surface area contributed by atoms with Gasteiger partial charge in [-0.2, -0.15) is 0 Å². The first-order valence-corrected chi connectivity index (χ1v) is 8.85. The first-order chi connectivity index (χ1) is 12.2. The van der Waals surface area contributed by atoms with Crippen molar-refractivity contribution in [2.24, 2.45) is 0 Å². The highest BCUT2D eigenvalue weighted by atomic mass is 16.3. The third-order valence-corrected chi connectivity index (χ3v) is 5.01. The second-order valence-electron chi connectivity index (χ2n) is 6.76. The standard InChI is InChI=1S/C20H24N4O/c1-22-9-2-10-23(12-11-22)17-4-6-18(7-5-17)24-15-21-19-8-3-16(14-25)13-20(19)24/h3-8,13,15,25H,2,9-12,14H2,1H3. The first-order valence-electron chi connectivity index (χ1n) is 8.85. The summed E-state index contributed by atoms with van der Waals surface area (Å²) < 4.78 is 2.08. The fourth-order valence-corrected chi connectivity index (χ4v) is 3.49. The quantitative estimate of drug-likeness (QED) is 0.799. The van der Waals surface area contributed by atoms with Gasteiger partial charge in [0.25, 0.3) is 0 Å². The van der Waals surface area contributed by atoms with Crippen LogP contribution in [0.15, 0.2) is 48.8 Å². The van der Waals surface area contributed by atoms with Crippen molar-refractivity contribution >= 4 is 16.7 Å². The summed E-state index contributed by atoms with van der Waals surface area (Å²) in [5, 5.41) is 9.38. The number of aliphatic hydroxyl groups excluding tert-OH is 1. The van der Waals surface area contributed by atoms with Gasteiger partial charge in [0.15, 0.2) is 0 Å². The van der Waals surface area contributed by atoms with E-state index in [1.54, 1.807) is 0 Å². The van der Waals surface area contributed by atoms with E-state index in [1.807, 2.05) is 24.5 Å². The molecule has 1 fully saturated rings. The molecule has 0 unspecified atom stereocenters. The van der Waals surface area contributed by atoms with Gasteiger partial charge in [-0.15, -0.1) is 0 Å². The van der Waals surface area contributed by atoms with Crippen molar-refractivity contribution in [3.8, 4) is 5.69 Å². The van der Waals surface area contributed by atoms with E-state index >= 15 is 0 Å². The molecule has 0 saturated carbocycles. The largest absolute Gasteiger partial charge is 0.392 e. The minimum Gasteiger partial charge on any atom is -0.392 e. The molecule has 0 radical (unpaired) electrons. The molecule has 5 heteroatoms. The Morgan fingerprint density at radius 3 is 2.56 bits per heavy atom. The topological polar surface area (TPSA) is 44.5 Å². The van der Waals surface area contributed by atoms with E-state index in [-0.39, 0.29) is 6.61 Å². The molecule has 5 nitrogen and oxygen atoms in total. The Balaban J connectivity index is 1.62. The smallest absolute Gasteiger partial charge is 0.100 e. The van der Waals surface area contributed by atoms with Gasteiger partial charge in [0.1, 0.15) is 6.33 Å². The number of imidazole rings is 1. The van der Waals surface area contributed by atoms with Crippen LogP contribution in [0.2, 0.25) is 0 Å². The Kier molecular flexibility index (Phi) is 4.42. The zero-order chi connectivity index (χ0) is 17.2. The van der Waals surface area contributed by atoms with Crippen LogP contribution >= 0.6 is 0 Å². The molecule has 4 rings (SSSR count). The van der Waals surface area contributed by atoms with Crippen LogP contribution in [0, 0.1) is 0 Å². The number of hydrogen-bond acceptors (Lipinski definition) is 4. The van der Waals surface area contributed by atoms with Gasteiger partial charge in [-0.05, 0) is 62.0 Å². The van der Waals surface area contributed by atoms with Gasteiger partial charge in [0.05, 0.1) is 17.6 Å². The minimum atomic E-state index is 0.0451. The Morgan fingerprint density at radius 2 is 1.76 bits per heavy atom. The number of likely N-dealkylation sites (N-methyl/N-ethyl adjacent to an activating group) is 1. The normalized spacial score (nSPS) is 16.3. The van der Waals surface area contributed by atoms with E-state index in [2.05, 4.69) is 50.7 Å². The number of aliphatic hydroxyl groups is 1. The van der Waals surface area contributed by atoms with Crippen molar-refractivity contribution in [2.45, 2.75) is 13.0 Å². The zero-order valence-electron chi connectivity index (χ0n) is 14.6. The monoisotopic (exact) mass is 336 g/mol. The second-order valence-corrected chi connectivity index (χ2v) is 6.76. The molecule has 1 saturated heterocycles. The molecular weight excluding hydrogens is 312 g/mol. The summed E-state index contributed by atoms with van der Waals surface area (Å²) in [7, 11) is 2.19. The van der Waals surface area contributed by atoms with E-state index in [1.165, 1.54) is 18.7 Å². The van der Waals surface area contributed by atoms with Gasteiger partial charge in [-0.25, -0.2) is 4.98 Å². The van der Waals surface area contributed by atoms with Crippen molar-refractivity contribution in [2.75, 3.05) is 38.1 Å². The lowest BCUT2D eigenvalue weighted by Gasteiger charge is -2.23. The molecule has 2 aromatic carbocycles. The Bertz CT molecular complexity index is 856. The van der Waals surface area contributed by atoms with Crippen LogP contribution in [-0.4, -0.2) is 52.8 Å². The summed E-state index contributed by atoms with van der Waals surface area (Å²) in [4.78, 5) is 9.32. The number of aromatic nitrogens is 2. The first kappa shape index (κ1) is 16.1. The molecule has 2 heterocycles. The molecule has 3 aromatic rings. The van der Waals surface area contributed by atoms with Gasteiger partial charge in [-0.1, -0.05) is 6.07 Å². The van der Waals surface area contributed by atoms with Gasteiger partial charge < -0.3 is 14.9 Å². The van der Waals surface area contributed by atoms with Crippen LogP contribution in [0.25, 0.3) is 16.7 Å². The van der Waals surface area contributed by atoms with Crippen molar-refractivity contribution in [3.05, 3.63) is 54.4 Å². The molecular formula is C20H24N4O. The second kappa shape index (κ2) is 6.86. The zero-order valence-corrected chi connectivity index (χ0v) is 14.6. The molecule has 0 spiro atoms. The minimum absolute atomic E-state index is 0.0451. The predicted octanol–water partition coefficient (Wildman–Crippen LogP) is 2.66. The number of hydrogen-bond donors (Lipinski definition) is 1. The predicted molar refractivity (Wildman–Crippen MR) is 101 cm³/mol. The lowest BCUT2D eigenvalue weighted by molar-refractivity contribution is 0.282. The Labute approximate surface area is 148 Å². The third kappa shape index (κ3) is 3.25. The lowest BCUT2D eigenvalue weighted by Crippen LogP contribution is -2.28. The van der Waals surface area contributed by atoms with Crippen LogP contribution in [0.5, 0.6) is 0 Å². The summed E-state index contributed by atoms with van der Waals surface area (Å²) >= 11 is 0. The summed E-state index contributed by atoms with van der Waals surface area (Å²) in [6, 6.07) is 14.6. The molecule has 0 atom stereocenters. The maximum absolute atomic E-state index is 9.38. The van der Waals surface area contributed by atoms with E-state index in [9.17, 15) is 5.11 Å². The summed E-state index contributed by atoms with van der Waals surface area (Å²) in [5.41, 5.74) is 5.24. The maximum atomic E-state index is 9.38. The Morgan fingerprint density at radius 1 is 0.960 bits per heavy atom. The van der Waals surface area contributed by atoms with Crippen molar-refractivity contribution in [3.63, 3.8) is 0 Å². The molecule has 130 valence electrons. The molecule has 0 aliphatic carbocycles. The average molecular weight is 336 g/mol. The van der Waals surface area contributed by atoms with Crippen molar-refractivity contribution in [1.29, 1.82) is 0 Å². The fourth-order valence-electron chi connectivity index (χ4n) is 3.49. The van der Waals surface area contributed by atoms with E-state index in [0.29, 0.717) is 0 Å². The Hall–Kier alpha value is -2.37. The van der Waals surface area contributed by atoms with Crippen LogP contribution in [0.1, 0.15) is 12.0 Å². The molecule has 1 aromatic heterocycles. The maximum Gasteiger partial charge on any atom is 0.100 e. The fraction of sp³-hybridized carbons (Fsp3) is 0.350. The highest BCUT2D eigenvalue weighted by Gasteiger charge is 2.13. The van der Waals surface area contributed by atoms with Gasteiger partial charge >= 0.3 is 0 Å². The number of nitrogens with zero attached hydrogens (tertiary/aromatic N) is 4. The van der Waals surface area contributed by atoms with Gasteiger partial charge in [-0.3, -0.25) is 4.57 Å². The number of rotatable bonds is 3. The number of fused-ring (bicyclic) bond motifs is 1. The highest BCUT2D eigenvalue weighted by molar-refractivity contribution is 5.78. The van der Waals surface area contributed by atoms with E-state index in [0.717, 1.165) is 41.9 Å². The van der Waals surface area contributed by atoms with Gasteiger partial charge in [0, 0.05) is 31.0 Å². The summed E-state index contributed by atoms with van der Waals surface area (Å²) in [6.07, 6.45) is 3.05. The summed E-state index contributed by atoms with van der Waals surface area (Å²) in [6.45, 7) is 4.51. The van der Waals surface area contributed by atoms with Gasteiger partial charge in [0.2, 0.25) is 0 Å². The molecule has 1 N–H and O–H groups in total. The van der Waals surface area contributed by atoms with E-state index < -0.39 is 0 Å². The average Bonchev–Trinajstić information content (AvgIpc) is 2.95. The molecule has 0 amide bonds. The molecule has 0 bridgehead atoms. The van der Waals surface area contributed by atoms with Crippen molar-refractivity contribution in [1.82, 2.24) is 14.5 Å². The number of benzene rings is 2. The highest BCUT2D eigenvalue weighted by Crippen LogP contribution is 2.23. The van der Waals surface area contributed by atoms with Crippen LogP contribution in [0.3, 0.4) is 0 Å².